The standard InChI is InChI=1S/C25H30N2O5/c1-4-25(3,23(30)27(5-2)14-22(28)29)16-26-24(31)32-15-21-19-12-8-6-10-17(19)18-11-7-9-13-20(18)21/h6-13,21H,4-5,14-16H2,1-3H3,(H,26,31)(H,28,29). The summed E-state index contributed by atoms with van der Waals surface area (Å²) in [6, 6.07) is 16.2. The van der Waals surface area contributed by atoms with Gasteiger partial charge in [-0.25, -0.2) is 4.79 Å². The van der Waals surface area contributed by atoms with Crippen molar-refractivity contribution in [3.05, 3.63) is 59.7 Å². The smallest absolute Gasteiger partial charge is 0.407 e. The van der Waals surface area contributed by atoms with E-state index < -0.39 is 17.5 Å². The lowest BCUT2D eigenvalue weighted by Crippen LogP contribution is -2.49. The number of fused-ring (bicyclic) bond motifs is 3. The van der Waals surface area contributed by atoms with Gasteiger partial charge in [0.25, 0.3) is 0 Å². The van der Waals surface area contributed by atoms with Crippen LogP contribution in [0.4, 0.5) is 4.79 Å². The number of hydrogen-bond donors (Lipinski definition) is 2. The third-order valence-corrected chi connectivity index (χ3v) is 6.26. The molecule has 32 heavy (non-hydrogen) atoms. The fourth-order valence-corrected chi connectivity index (χ4v) is 4.14. The van der Waals surface area contributed by atoms with Gasteiger partial charge in [0.2, 0.25) is 5.91 Å². The number of nitrogens with zero attached hydrogens (tertiary/aromatic N) is 1. The first-order valence-electron chi connectivity index (χ1n) is 10.9. The molecule has 1 aliphatic rings. The quantitative estimate of drug-likeness (QED) is 0.620. The van der Waals surface area contributed by atoms with Crippen LogP contribution < -0.4 is 5.32 Å². The van der Waals surface area contributed by atoms with Crippen LogP contribution in [0.3, 0.4) is 0 Å². The average molecular weight is 439 g/mol. The lowest BCUT2D eigenvalue weighted by molar-refractivity contribution is -0.149. The highest BCUT2D eigenvalue weighted by Crippen LogP contribution is 2.44. The van der Waals surface area contributed by atoms with Crippen LogP contribution in [0.1, 0.15) is 44.2 Å². The lowest BCUT2D eigenvalue weighted by atomic mass is 9.85. The Kier molecular flexibility index (Phi) is 7.18. The predicted molar refractivity (Wildman–Crippen MR) is 121 cm³/mol. The van der Waals surface area contributed by atoms with E-state index in [1.807, 2.05) is 31.2 Å². The molecule has 0 saturated heterocycles. The van der Waals surface area contributed by atoms with Crippen LogP contribution in [0.5, 0.6) is 0 Å². The summed E-state index contributed by atoms with van der Waals surface area (Å²) < 4.78 is 5.54. The maximum atomic E-state index is 12.9. The van der Waals surface area contributed by atoms with E-state index in [2.05, 4.69) is 29.6 Å². The molecule has 0 radical (unpaired) electrons. The maximum absolute atomic E-state index is 12.9. The van der Waals surface area contributed by atoms with Crippen molar-refractivity contribution in [2.45, 2.75) is 33.1 Å². The molecule has 1 aliphatic carbocycles. The van der Waals surface area contributed by atoms with Crippen molar-refractivity contribution < 1.29 is 24.2 Å². The molecule has 2 N–H and O–H groups in total. The second-order valence-electron chi connectivity index (χ2n) is 8.31. The molecule has 170 valence electrons. The molecule has 2 aromatic carbocycles. The summed E-state index contributed by atoms with van der Waals surface area (Å²) in [5.74, 6) is -1.41. The highest BCUT2D eigenvalue weighted by Gasteiger charge is 2.36. The molecule has 3 rings (SSSR count). The molecule has 0 fully saturated rings. The van der Waals surface area contributed by atoms with Gasteiger partial charge in [0.05, 0.1) is 5.41 Å². The molecular formula is C25H30N2O5. The summed E-state index contributed by atoms with van der Waals surface area (Å²) in [7, 11) is 0. The van der Waals surface area contributed by atoms with Crippen LogP contribution in [0.2, 0.25) is 0 Å². The Morgan fingerprint density at radius 3 is 2.09 bits per heavy atom. The van der Waals surface area contributed by atoms with Crippen molar-refractivity contribution in [1.82, 2.24) is 10.2 Å². The third kappa shape index (κ3) is 4.77. The number of amides is 2. The molecular weight excluding hydrogens is 408 g/mol. The Morgan fingerprint density at radius 1 is 1.03 bits per heavy atom. The first-order chi connectivity index (χ1) is 15.3. The largest absolute Gasteiger partial charge is 0.480 e. The van der Waals surface area contributed by atoms with E-state index >= 15 is 0 Å². The van der Waals surface area contributed by atoms with Crippen LogP contribution in [-0.4, -0.2) is 54.2 Å². The molecule has 1 atom stereocenters. The van der Waals surface area contributed by atoms with Gasteiger partial charge in [-0.1, -0.05) is 55.5 Å². The Hall–Kier alpha value is -3.35. The van der Waals surface area contributed by atoms with Crippen LogP contribution >= 0.6 is 0 Å². The van der Waals surface area contributed by atoms with Crippen molar-refractivity contribution in [2.75, 3.05) is 26.2 Å². The van der Waals surface area contributed by atoms with E-state index in [-0.39, 0.29) is 38.1 Å². The normalized spacial score (nSPS) is 14.1. The lowest BCUT2D eigenvalue weighted by Gasteiger charge is -2.32. The molecule has 0 aromatic heterocycles. The Labute approximate surface area is 188 Å². The molecule has 1 unspecified atom stereocenters. The summed E-state index contributed by atoms with van der Waals surface area (Å²) in [6.07, 6.45) is -0.147. The van der Waals surface area contributed by atoms with E-state index in [1.165, 1.54) is 4.90 Å². The predicted octanol–water partition coefficient (Wildman–Crippen LogP) is 3.87. The number of carbonyl (C=O) groups is 3. The van der Waals surface area contributed by atoms with Crippen molar-refractivity contribution in [2.24, 2.45) is 5.41 Å². The second kappa shape index (κ2) is 9.85. The highest BCUT2D eigenvalue weighted by atomic mass is 16.5. The Morgan fingerprint density at radius 2 is 1.59 bits per heavy atom. The first-order valence-corrected chi connectivity index (χ1v) is 10.9. The molecule has 7 heteroatoms. The average Bonchev–Trinajstić information content (AvgIpc) is 3.12. The number of ether oxygens (including phenoxy) is 1. The summed E-state index contributed by atoms with van der Waals surface area (Å²) in [5, 5.41) is 11.8. The summed E-state index contributed by atoms with van der Waals surface area (Å²) in [6.45, 7) is 5.47. The van der Waals surface area contributed by atoms with Crippen LogP contribution in [0.25, 0.3) is 11.1 Å². The van der Waals surface area contributed by atoms with Gasteiger partial charge < -0.3 is 20.1 Å². The topological polar surface area (TPSA) is 95.9 Å². The molecule has 7 nitrogen and oxygen atoms in total. The SMILES string of the molecule is CCN(CC(=O)O)C(=O)C(C)(CC)CNC(=O)OCC1c2ccccc2-c2ccccc21. The monoisotopic (exact) mass is 438 g/mol. The van der Waals surface area contributed by atoms with Gasteiger partial charge in [-0.05, 0) is 42.5 Å². The zero-order valence-electron chi connectivity index (χ0n) is 18.8. The van der Waals surface area contributed by atoms with Crippen LogP contribution in [-0.2, 0) is 14.3 Å². The van der Waals surface area contributed by atoms with E-state index in [4.69, 9.17) is 9.84 Å². The van der Waals surface area contributed by atoms with Gasteiger partial charge in [0, 0.05) is 19.0 Å². The molecule has 2 amide bonds. The minimum absolute atomic E-state index is 0.0431. The number of benzene rings is 2. The van der Waals surface area contributed by atoms with Crippen molar-refractivity contribution >= 4 is 18.0 Å². The Bertz CT molecular complexity index is 960. The van der Waals surface area contributed by atoms with E-state index in [9.17, 15) is 14.4 Å². The van der Waals surface area contributed by atoms with Gasteiger partial charge >= 0.3 is 12.1 Å². The maximum Gasteiger partial charge on any atom is 0.407 e. The second-order valence-corrected chi connectivity index (χ2v) is 8.31. The van der Waals surface area contributed by atoms with Crippen molar-refractivity contribution in [3.8, 4) is 11.1 Å². The van der Waals surface area contributed by atoms with Crippen LogP contribution in [0.15, 0.2) is 48.5 Å². The molecule has 0 aliphatic heterocycles. The van der Waals surface area contributed by atoms with Crippen LogP contribution in [0, 0.1) is 5.41 Å². The summed E-state index contributed by atoms with van der Waals surface area (Å²) in [5.41, 5.74) is 3.64. The number of rotatable bonds is 9. The molecule has 0 bridgehead atoms. The molecule has 0 spiro atoms. The van der Waals surface area contributed by atoms with Gasteiger partial charge in [-0.3, -0.25) is 9.59 Å². The molecule has 2 aromatic rings. The third-order valence-electron chi connectivity index (χ3n) is 6.26. The number of carboxylic acid groups (broad SMARTS) is 1. The first kappa shape index (κ1) is 23.3. The fourth-order valence-electron chi connectivity index (χ4n) is 4.14. The fraction of sp³-hybridized carbons (Fsp3) is 0.400. The molecule has 0 saturated carbocycles. The van der Waals surface area contributed by atoms with E-state index in [0.717, 1.165) is 22.3 Å². The zero-order valence-corrected chi connectivity index (χ0v) is 18.8. The van der Waals surface area contributed by atoms with Gasteiger partial charge in [0.15, 0.2) is 0 Å². The molecule has 0 heterocycles. The zero-order chi connectivity index (χ0) is 23.3. The number of likely N-dealkylation sites (N-methyl/N-ethyl adjacent to an activating group) is 1. The van der Waals surface area contributed by atoms with Crippen molar-refractivity contribution in [1.29, 1.82) is 0 Å². The minimum Gasteiger partial charge on any atom is -0.480 e. The summed E-state index contributed by atoms with van der Waals surface area (Å²) in [4.78, 5) is 37.7. The minimum atomic E-state index is -1.07. The van der Waals surface area contributed by atoms with E-state index in [1.54, 1.807) is 13.8 Å². The number of hydrogen-bond acceptors (Lipinski definition) is 4. The van der Waals surface area contributed by atoms with Gasteiger partial charge in [-0.2, -0.15) is 0 Å². The summed E-state index contributed by atoms with van der Waals surface area (Å²) >= 11 is 0. The number of nitrogens with one attached hydrogen (secondary N) is 1. The number of carbonyl (C=O) groups excluding carboxylic acids is 2. The van der Waals surface area contributed by atoms with Crippen molar-refractivity contribution in [3.63, 3.8) is 0 Å². The van der Waals surface area contributed by atoms with Gasteiger partial charge in [-0.15, -0.1) is 0 Å². The van der Waals surface area contributed by atoms with E-state index in [0.29, 0.717) is 6.42 Å². The Balaban J connectivity index is 1.62. The number of carboxylic acids is 1. The highest BCUT2D eigenvalue weighted by molar-refractivity contribution is 5.86. The number of alkyl carbamates (subject to hydrolysis) is 1. The van der Waals surface area contributed by atoms with Gasteiger partial charge in [0.1, 0.15) is 13.2 Å². The number of aliphatic carboxylic acids is 1.